The minimum Gasteiger partial charge on any atom is -0.368 e. The van der Waals surface area contributed by atoms with Gasteiger partial charge in [-0.05, 0) is 6.42 Å². The summed E-state index contributed by atoms with van der Waals surface area (Å²) in [5.74, 6) is -0.550. The molecule has 11 heavy (non-hydrogen) atoms. The lowest BCUT2D eigenvalue weighted by Gasteiger charge is -2.11. The number of urea groups is 1. The molecule has 5 N–H and O–H groups in total. The van der Waals surface area contributed by atoms with Gasteiger partial charge in [0.2, 0.25) is 5.91 Å². The Kier molecular flexibility index (Phi) is 4.02. The van der Waals surface area contributed by atoms with Crippen LogP contribution in [0.4, 0.5) is 4.79 Å². The van der Waals surface area contributed by atoms with Crippen LogP contribution in [-0.4, -0.2) is 18.0 Å². The van der Waals surface area contributed by atoms with E-state index in [0.717, 1.165) is 6.42 Å². The Morgan fingerprint density at radius 3 is 2.27 bits per heavy atom. The molecule has 0 aliphatic rings. The number of hydrogen-bond donors (Lipinski definition) is 3. The first-order valence-electron chi connectivity index (χ1n) is 3.43. The highest BCUT2D eigenvalue weighted by Gasteiger charge is 2.14. The number of amides is 3. The topological polar surface area (TPSA) is 98.2 Å². The fourth-order valence-corrected chi connectivity index (χ4v) is 0.746. The van der Waals surface area contributed by atoms with Gasteiger partial charge in [0.15, 0.2) is 0 Å². The molecule has 0 radical (unpaired) electrons. The summed E-state index contributed by atoms with van der Waals surface area (Å²) in [4.78, 5) is 20.9. The third-order valence-electron chi connectivity index (χ3n) is 1.24. The molecule has 0 aliphatic carbocycles. The summed E-state index contributed by atoms with van der Waals surface area (Å²) in [6, 6.07) is -1.35. The minimum absolute atomic E-state index is 0.526. The molecule has 3 amide bonds. The zero-order valence-electron chi connectivity index (χ0n) is 6.46. The van der Waals surface area contributed by atoms with E-state index in [1.165, 1.54) is 0 Å². The first-order chi connectivity index (χ1) is 5.07. The van der Waals surface area contributed by atoms with Crippen LogP contribution in [0, 0.1) is 0 Å². The van der Waals surface area contributed by atoms with Crippen molar-refractivity contribution in [2.75, 3.05) is 0 Å². The molecule has 0 heterocycles. The van der Waals surface area contributed by atoms with Crippen LogP contribution in [0.15, 0.2) is 0 Å². The van der Waals surface area contributed by atoms with Crippen molar-refractivity contribution in [3.05, 3.63) is 0 Å². The lowest BCUT2D eigenvalue weighted by atomic mass is 10.1. The predicted octanol–water partition coefficient (Wildman–Crippen LogP) is -0.691. The monoisotopic (exact) mass is 159 g/mol. The lowest BCUT2D eigenvalue weighted by Crippen LogP contribution is -2.46. The first-order valence-corrected chi connectivity index (χ1v) is 3.43. The van der Waals surface area contributed by atoms with E-state index in [2.05, 4.69) is 5.32 Å². The van der Waals surface area contributed by atoms with E-state index in [9.17, 15) is 9.59 Å². The van der Waals surface area contributed by atoms with Gasteiger partial charge in [0.05, 0.1) is 0 Å². The number of hydrogen-bond acceptors (Lipinski definition) is 2. The predicted molar refractivity (Wildman–Crippen MR) is 40.6 cm³/mol. The standard InChI is InChI=1S/C6H13N3O2/c1-2-3-4(5(7)10)9-6(8)11/h4H,2-3H2,1H3,(H2,7,10)(H3,8,9,11)/t4-/m0/s1. The molecule has 0 aliphatic heterocycles. The van der Waals surface area contributed by atoms with Gasteiger partial charge in [-0.1, -0.05) is 13.3 Å². The van der Waals surface area contributed by atoms with Crippen LogP contribution in [0.25, 0.3) is 0 Å². The molecule has 0 aromatic heterocycles. The summed E-state index contributed by atoms with van der Waals surface area (Å²) in [6.45, 7) is 1.89. The maximum absolute atomic E-state index is 10.6. The van der Waals surface area contributed by atoms with E-state index < -0.39 is 18.0 Å². The Bertz CT molecular complexity index is 158. The molecule has 0 spiro atoms. The number of carbonyl (C=O) groups excluding carboxylic acids is 2. The Labute approximate surface area is 65.1 Å². The second-order valence-corrected chi connectivity index (χ2v) is 2.25. The number of rotatable bonds is 4. The highest BCUT2D eigenvalue weighted by Crippen LogP contribution is 1.94. The summed E-state index contributed by atoms with van der Waals surface area (Å²) in [5.41, 5.74) is 9.77. The van der Waals surface area contributed by atoms with Crippen LogP contribution in [0.1, 0.15) is 19.8 Å². The average Bonchev–Trinajstić information content (AvgIpc) is 1.86. The number of nitrogens with one attached hydrogen (secondary N) is 1. The SMILES string of the molecule is CCC[C@H](NC(N)=O)C(N)=O. The minimum atomic E-state index is -0.720. The fourth-order valence-electron chi connectivity index (χ4n) is 0.746. The largest absolute Gasteiger partial charge is 0.368 e. The molecule has 0 fully saturated rings. The van der Waals surface area contributed by atoms with Gasteiger partial charge >= 0.3 is 6.03 Å². The molecule has 0 unspecified atom stereocenters. The lowest BCUT2D eigenvalue weighted by molar-refractivity contribution is -0.119. The maximum Gasteiger partial charge on any atom is 0.312 e. The van der Waals surface area contributed by atoms with Gasteiger partial charge in [-0.25, -0.2) is 4.79 Å². The average molecular weight is 159 g/mol. The van der Waals surface area contributed by atoms with Crippen LogP contribution in [-0.2, 0) is 4.79 Å². The van der Waals surface area contributed by atoms with Gasteiger partial charge in [-0.3, -0.25) is 4.79 Å². The van der Waals surface area contributed by atoms with E-state index in [4.69, 9.17) is 11.5 Å². The number of carbonyl (C=O) groups is 2. The van der Waals surface area contributed by atoms with Crippen molar-refractivity contribution in [1.82, 2.24) is 5.32 Å². The normalized spacial score (nSPS) is 12.1. The number of primary amides is 2. The smallest absolute Gasteiger partial charge is 0.312 e. The fraction of sp³-hybridized carbons (Fsp3) is 0.667. The van der Waals surface area contributed by atoms with Crippen molar-refractivity contribution in [1.29, 1.82) is 0 Å². The van der Waals surface area contributed by atoms with Gasteiger partial charge in [-0.15, -0.1) is 0 Å². The van der Waals surface area contributed by atoms with Crippen molar-refractivity contribution in [2.45, 2.75) is 25.8 Å². The van der Waals surface area contributed by atoms with Gasteiger partial charge < -0.3 is 16.8 Å². The molecule has 0 aromatic rings. The van der Waals surface area contributed by atoms with Crippen LogP contribution in [0.3, 0.4) is 0 Å². The van der Waals surface area contributed by atoms with Crippen LogP contribution in [0.5, 0.6) is 0 Å². The van der Waals surface area contributed by atoms with E-state index >= 15 is 0 Å². The van der Waals surface area contributed by atoms with Crippen molar-refractivity contribution in [3.63, 3.8) is 0 Å². The van der Waals surface area contributed by atoms with Gasteiger partial charge in [0.25, 0.3) is 0 Å². The molecule has 0 bridgehead atoms. The Balaban J connectivity index is 3.89. The molecule has 0 aromatic carbocycles. The summed E-state index contributed by atoms with van der Waals surface area (Å²) in [6.07, 6.45) is 1.30. The highest BCUT2D eigenvalue weighted by molar-refractivity contribution is 5.85. The van der Waals surface area contributed by atoms with Crippen LogP contribution >= 0.6 is 0 Å². The second kappa shape index (κ2) is 4.54. The van der Waals surface area contributed by atoms with Gasteiger partial charge in [-0.2, -0.15) is 0 Å². The van der Waals surface area contributed by atoms with E-state index in [1.54, 1.807) is 0 Å². The van der Waals surface area contributed by atoms with E-state index in [1.807, 2.05) is 6.92 Å². The van der Waals surface area contributed by atoms with Crippen molar-refractivity contribution in [3.8, 4) is 0 Å². The molecule has 64 valence electrons. The Morgan fingerprint density at radius 2 is 2.00 bits per heavy atom. The van der Waals surface area contributed by atoms with Crippen LogP contribution in [0.2, 0.25) is 0 Å². The van der Waals surface area contributed by atoms with E-state index in [-0.39, 0.29) is 0 Å². The van der Waals surface area contributed by atoms with Crippen LogP contribution < -0.4 is 16.8 Å². The highest BCUT2D eigenvalue weighted by atomic mass is 16.2. The van der Waals surface area contributed by atoms with Crippen molar-refractivity contribution in [2.24, 2.45) is 11.5 Å². The Morgan fingerprint density at radius 1 is 1.45 bits per heavy atom. The molecular formula is C6H13N3O2. The molecule has 0 saturated heterocycles. The summed E-state index contributed by atoms with van der Waals surface area (Å²) < 4.78 is 0. The molecule has 1 atom stereocenters. The summed E-state index contributed by atoms with van der Waals surface area (Å²) in [5, 5.41) is 2.24. The molecular weight excluding hydrogens is 146 g/mol. The molecule has 0 saturated carbocycles. The van der Waals surface area contributed by atoms with Crippen molar-refractivity contribution >= 4 is 11.9 Å². The molecule has 5 heteroatoms. The summed E-state index contributed by atoms with van der Waals surface area (Å²) in [7, 11) is 0. The second-order valence-electron chi connectivity index (χ2n) is 2.25. The zero-order chi connectivity index (χ0) is 8.85. The molecule has 0 rings (SSSR count). The third kappa shape index (κ3) is 4.19. The quantitative estimate of drug-likeness (QED) is 0.506. The van der Waals surface area contributed by atoms with Crippen molar-refractivity contribution < 1.29 is 9.59 Å². The maximum atomic E-state index is 10.6. The summed E-state index contributed by atoms with van der Waals surface area (Å²) >= 11 is 0. The van der Waals surface area contributed by atoms with Gasteiger partial charge in [0.1, 0.15) is 6.04 Å². The number of nitrogens with two attached hydrogens (primary N) is 2. The first kappa shape index (κ1) is 9.74. The zero-order valence-corrected chi connectivity index (χ0v) is 6.46. The third-order valence-corrected chi connectivity index (χ3v) is 1.24. The molecule has 5 nitrogen and oxygen atoms in total. The van der Waals surface area contributed by atoms with Gasteiger partial charge in [0, 0.05) is 0 Å². The van der Waals surface area contributed by atoms with E-state index in [0.29, 0.717) is 6.42 Å². The Hall–Kier alpha value is -1.26.